The minimum absolute atomic E-state index is 0.617. The molecular formula is C15H17N3O. The third kappa shape index (κ3) is 2.53. The molecular weight excluding hydrogens is 238 g/mol. The zero-order chi connectivity index (χ0) is 13.2. The van der Waals surface area contributed by atoms with E-state index < -0.39 is 0 Å². The van der Waals surface area contributed by atoms with Gasteiger partial charge in [0.2, 0.25) is 0 Å². The maximum atomic E-state index is 5.74. The van der Waals surface area contributed by atoms with Gasteiger partial charge in [0.1, 0.15) is 17.3 Å². The lowest BCUT2D eigenvalue weighted by Crippen LogP contribution is -2.01. The average Bonchev–Trinajstić information content (AvgIpc) is 2.95. The highest BCUT2D eigenvalue weighted by Gasteiger charge is 2.05. The SMILES string of the molecule is Cc1nc2ccc(Cc3ccc(CCN)o3)cc2[nH]1. The van der Waals surface area contributed by atoms with Crippen molar-refractivity contribution in [3.63, 3.8) is 0 Å². The minimum Gasteiger partial charge on any atom is -0.466 e. The van der Waals surface area contributed by atoms with E-state index in [2.05, 4.69) is 22.1 Å². The van der Waals surface area contributed by atoms with E-state index in [0.717, 1.165) is 41.2 Å². The first-order valence-corrected chi connectivity index (χ1v) is 6.47. The van der Waals surface area contributed by atoms with Crippen LogP contribution in [0.2, 0.25) is 0 Å². The summed E-state index contributed by atoms with van der Waals surface area (Å²) in [6, 6.07) is 10.3. The van der Waals surface area contributed by atoms with Crippen LogP contribution >= 0.6 is 0 Å². The van der Waals surface area contributed by atoms with E-state index in [1.54, 1.807) is 0 Å². The molecule has 19 heavy (non-hydrogen) atoms. The zero-order valence-corrected chi connectivity index (χ0v) is 10.9. The fourth-order valence-corrected chi connectivity index (χ4v) is 2.29. The monoisotopic (exact) mass is 255 g/mol. The number of H-pyrrole nitrogens is 1. The van der Waals surface area contributed by atoms with Gasteiger partial charge in [0, 0.05) is 12.8 Å². The van der Waals surface area contributed by atoms with Crippen LogP contribution in [-0.2, 0) is 12.8 Å². The molecule has 0 saturated heterocycles. The van der Waals surface area contributed by atoms with Crippen LogP contribution in [0.5, 0.6) is 0 Å². The van der Waals surface area contributed by atoms with Gasteiger partial charge in [0.15, 0.2) is 0 Å². The van der Waals surface area contributed by atoms with Gasteiger partial charge in [-0.25, -0.2) is 4.98 Å². The maximum absolute atomic E-state index is 5.74. The molecule has 4 nitrogen and oxygen atoms in total. The van der Waals surface area contributed by atoms with Crippen molar-refractivity contribution in [2.45, 2.75) is 19.8 Å². The van der Waals surface area contributed by atoms with Gasteiger partial charge in [-0.3, -0.25) is 0 Å². The summed E-state index contributed by atoms with van der Waals surface area (Å²) in [5.41, 5.74) is 8.81. The molecule has 2 heterocycles. The predicted molar refractivity (Wildman–Crippen MR) is 75.1 cm³/mol. The summed E-state index contributed by atoms with van der Waals surface area (Å²) in [5.74, 6) is 2.87. The van der Waals surface area contributed by atoms with Gasteiger partial charge in [0.25, 0.3) is 0 Å². The Kier molecular flexibility index (Phi) is 3.09. The second-order valence-electron chi connectivity index (χ2n) is 4.76. The number of benzene rings is 1. The maximum Gasteiger partial charge on any atom is 0.108 e. The van der Waals surface area contributed by atoms with Crippen LogP contribution < -0.4 is 5.73 Å². The van der Waals surface area contributed by atoms with Crippen molar-refractivity contribution in [3.8, 4) is 0 Å². The number of nitrogens with two attached hydrogens (primary N) is 1. The Balaban J connectivity index is 1.83. The van der Waals surface area contributed by atoms with E-state index in [-0.39, 0.29) is 0 Å². The first kappa shape index (κ1) is 12.0. The van der Waals surface area contributed by atoms with Crippen molar-refractivity contribution in [3.05, 3.63) is 53.2 Å². The summed E-state index contributed by atoms with van der Waals surface area (Å²) < 4.78 is 5.74. The van der Waals surface area contributed by atoms with Crippen molar-refractivity contribution >= 4 is 11.0 Å². The number of aryl methyl sites for hydroxylation is 1. The lowest BCUT2D eigenvalue weighted by atomic mass is 10.1. The van der Waals surface area contributed by atoms with Gasteiger partial charge in [-0.15, -0.1) is 0 Å². The molecule has 98 valence electrons. The highest BCUT2D eigenvalue weighted by atomic mass is 16.3. The molecule has 4 heteroatoms. The van der Waals surface area contributed by atoms with Crippen LogP contribution in [0.4, 0.5) is 0 Å². The first-order chi connectivity index (χ1) is 9.24. The molecule has 0 amide bonds. The Labute approximate surface area is 111 Å². The van der Waals surface area contributed by atoms with E-state index >= 15 is 0 Å². The Bertz CT molecular complexity index is 696. The zero-order valence-electron chi connectivity index (χ0n) is 10.9. The smallest absolute Gasteiger partial charge is 0.108 e. The molecule has 1 aromatic carbocycles. The van der Waals surface area contributed by atoms with Crippen molar-refractivity contribution in [2.24, 2.45) is 5.73 Å². The summed E-state index contributed by atoms with van der Waals surface area (Å²) in [4.78, 5) is 7.65. The lowest BCUT2D eigenvalue weighted by molar-refractivity contribution is 0.474. The molecule has 0 saturated carbocycles. The largest absolute Gasteiger partial charge is 0.466 e. The second-order valence-corrected chi connectivity index (χ2v) is 4.76. The van der Waals surface area contributed by atoms with Gasteiger partial charge in [0.05, 0.1) is 11.0 Å². The topological polar surface area (TPSA) is 67.8 Å². The summed E-state index contributed by atoms with van der Waals surface area (Å²) in [7, 11) is 0. The van der Waals surface area contributed by atoms with E-state index in [0.29, 0.717) is 6.54 Å². The van der Waals surface area contributed by atoms with Crippen LogP contribution in [0, 0.1) is 6.92 Å². The predicted octanol–water partition coefficient (Wildman–Crippen LogP) is 2.56. The number of aromatic amines is 1. The normalized spacial score (nSPS) is 11.3. The fraction of sp³-hybridized carbons (Fsp3) is 0.267. The molecule has 0 bridgehead atoms. The average molecular weight is 255 g/mol. The number of nitrogens with zero attached hydrogens (tertiary/aromatic N) is 1. The molecule has 3 rings (SSSR count). The molecule has 0 aliphatic heterocycles. The third-order valence-electron chi connectivity index (χ3n) is 3.15. The quantitative estimate of drug-likeness (QED) is 0.752. The van der Waals surface area contributed by atoms with Crippen LogP contribution in [-0.4, -0.2) is 16.5 Å². The third-order valence-corrected chi connectivity index (χ3v) is 3.15. The van der Waals surface area contributed by atoms with Crippen molar-refractivity contribution in [1.82, 2.24) is 9.97 Å². The van der Waals surface area contributed by atoms with Crippen molar-refractivity contribution in [2.75, 3.05) is 6.54 Å². The van der Waals surface area contributed by atoms with Crippen molar-refractivity contribution < 1.29 is 4.42 Å². The number of hydrogen-bond acceptors (Lipinski definition) is 3. The number of nitrogens with one attached hydrogen (secondary N) is 1. The van der Waals surface area contributed by atoms with E-state index in [9.17, 15) is 0 Å². The molecule has 0 spiro atoms. The number of furan rings is 1. The molecule has 0 aliphatic rings. The molecule has 3 aromatic rings. The first-order valence-electron chi connectivity index (χ1n) is 6.47. The van der Waals surface area contributed by atoms with E-state index in [4.69, 9.17) is 10.2 Å². The van der Waals surface area contributed by atoms with Gasteiger partial charge in [-0.1, -0.05) is 6.07 Å². The second kappa shape index (κ2) is 4.90. The van der Waals surface area contributed by atoms with Crippen molar-refractivity contribution in [1.29, 1.82) is 0 Å². The Morgan fingerprint density at radius 2 is 2.05 bits per heavy atom. The number of rotatable bonds is 4. The van der Waals surface area contributed by atoms with Gasteiger partial charge >= 0.3 is 0 Å². The lowest BCUT2D eigenvalue weighted by Gasteiger charge is -1.99. The standard InChI is InChI=1S/C15H17N3O/c1-10-17-14-5-2-11(9-15(14)18-10)8-13-4-3-12(19-13)6-7-16/h2-5,9H,6-8,16H2,1H3,(H,17,18). The highest BCUT2D eigenvalue weighted by Crippen LogP contribution is 2.18. The van der Waals surface area contributed by atoms with Gasteiger partial charge < -0.3 is 15.1 Å². The minimum atomic E-state index is 0.617. The Hall–Kier alpha value is -2.07. The number of hydrogen-bond donors (Lipinski definition) is 2. The van der Waals surface area contributed by atoms with E-state index in [1.807, 2.05) is 25.1 Å². The van der Waals surface area contributed by atoms with Crippen LogP contribution in [0.25, 0.3) is 11.0 Å². The molecule has 0 radical (unpaired) electrons. The molecule has 3 N–H and O–H groups in total. The molecule has 0 unspecified atom stereocenters. The summed E-state index contributed by atoms with van der Waals surface area (Å²) in [6.07, 6.45) is 1.58. The fourth-order valence-electron chi connectivity index (χ4n) is 2.29. The van der Waals surface area contributed by atoms with Crippen LogP contribution in [0.15, 0.2) is 34.7 Å². The van der Waals surface area contributed by atoms with Gasteiger partial charge in [-0.2, -0.15) is 0 Å². The highest BCUT2D eigenvalue weighted by molar-refractivity contribution is 5.75. The number of fused-ring (bicyclic) bond motifs is 1. The van der Waals surface area contributed by atoms with Crippen LogP contribution in [0.1, 0.15) is 22.9 Å². The molecule has 2 aromatic heterocycles. The van der Waals surface area contributed by atoms with Gasteiger partial charge in [-0.05, 0) is 43.3 Å². The molecule has 0 fully saturated rings. The molecule has 0 atom stereocenters. The van der Waals surface area contributed by atoms with Crippen LogP contribution in [0.3, 0.4) is 0 Å². The summed E-state index contributed by atoms with van der Waals surface area (Å²) in [5, 5.41) is 0. The number of imidazole rings is 1. The molecule has 0 aliphatic carbocycles. The number of aromatic nitrogens is 2. The van der Waals surface area contributed by atoms with E-state index in [1.165, 1.54) is 5.56 Å². The summed E-state index contributed by atoms with van der Waals surface area (Å²) >= 11 is 0. The summed E-state index contributed by atoms with van der Waals surface area (Å²) in [6.45, 7) is 2.58. The Morgan fingerprint density at radius 1 is 1.21 bits per heavy atom. The Morgan fingerprint density at radius 3 is 2.89 bits per heavy atom.